The van der Waals surface area contributed by atoms with Crippen LogP contribution in [0.4, 0.5) is 25.8 Å². The number of rotatable bonds is 10. The number of pyridine rings is 1. The van der Waals surface area contributed by atoms with E-state index in [9.17, 15) is 18.4 Å². The zero-order valence-corrected chi connectivity index (χ0v) is 21.9. The molecule has 1 aliphatic heterocycles. The lowest BCUT2D eigenvalue weighted by atomic mass is 10.2. The van der Waals surface area contributed by atoms with Crippen LogP contribution in [0, 0.1) is 11.6 Å². The molecule has 0 spiro atoms. The third-order valence-corrected chi connectivity index (χ3v) is 6.19. The molecule has 3 aromatic rings. The minimum absolute atomic E-state index is 0.0324. The first-order chi connectivity index (χ1) is 19.4. The Kier molecular flexibility index (Phi) is 9.24. The fourth-order valence-corrected chi connectivity index (χ4v) is 4.05. The molecule has 8 nitrogen and oxygen atoms in total. The highest BCUT2D eigenvalue weighted by Crippen LogP contribution is 2.32. The first kappa shape index (κ1) is 28.0. The lowest BCUT2D eigenvalue weighted by Crippen LogP contribution is -2.17. The van der Waals surface area contributed by atoms with Gasteiger partial charge >= 0.3 is 0 Å². The smallest absolute Gasteiger partial charge is 0.251 e. The van der Waals surface area contributed by atoms with Gasteiger partial charge in [0.05, 0.1) is 11.9 Å². The van der Waals surface area contributed by atoms with E-state index in [1.54, 1.807) is 19.2 Å². The first-order valence-corrected chi connectivity index (χ1v) is 12.6. The van der Waals surface area contributed by atoms with Crippen molar-refractivity contribution in [1.82, 2.24) is 4.98 Å². The average molecular weight is 546 g/mol. The molecule has 1 aromatic heterocycles. The molecule has 2 amide bonds. The molecule has 3 N–H and O–H groups in total. The maximum absolute atomic E-state index is 15.0. The van der Waals surface area contributed by atoms with E-state index in [2.05, 4.69) is 15.2 Å². The third kappa shape index (κ3) is 7.10. The number of carbonyl (C=O) groups excluding carboxylic acids is 2. The predicted molar refractivity (Wildman–Crippen MR) is 152 cm³/mol. The third-order valence-electron chi connectivity index (χ3n) is 6.19. The summed E-state index contributed by atoms with van der Waals surface area (Å²) in [7, 11) is 0. The van der Waals surface area contributed by atoms with Crippen molar-refractivity contribution in [2.24, 2.45) is 5.73 Å². The second-order valence-corrected chi connectivity index (χ2v) is 9.01. The van der Waals surface area contributed by atoms with E-state index in [1.807, 2.05) is 6.07 Å². The van der Waals surface area contributed by atoms with Gasteiger partial charge in [-0.15, -0.1) is 0 Å². The van der Waals surface area contributed by atoms with E-state index < -0.39 is 17.5 Å². The highest BCUT2D eigenvalue weighted by molar-refractivity contribution is 6.03. The summed E-state index contributed by atoms with van der Waals surface area (Å²) in [6, 6.07) is 11.3. The van der Waals surface area contributed by atoms with Crippen molar-refractivity contribution in [1.29, 1.82) is 0 Å². The summed E-state index contributed by atoms with van der Waals surface area (Å²) >= 11 is 0. The lowest BCUT2D eigenvalue weighted by molar-refractivity contribution is -0.112. The summed E-state index contributed by atoms with van der Waals surface area (Å²) in [5, 5.41) is 2.63. The molecule has 206 valence electrons. The Bertz CT molecular complexity index is 1450. The second kappa shape index (κ2) is 13.2. The quantitative estimate of drug-likeness (QED) is 0.191. The van der Waals surface area contributed by atoms with Gasteiger partial charge in [-0.2, -0.15) is 0 Å². The topological polar surface area (TPSA) is 101 Å². The Morgan fingerprint density at radius 2 is 1.85 bits per heavy atom. The van der Waals surface area contributed by atoms with Crippen LogP contribution in [0.5, 0.6) is 11.5 Å². The Morgan fingerprint density at radius 3 is 2.52 bits per heavy atom. The van der Waals surface area contributed by atoms with Crippen LogP contribution in [-0.2, 0) is 9.59 Å². The molecular formula is C30H29F2N5O3. The molecule has 0 aliphatic carbocycles. The van der Waals surface area contributed by atoms with E-state index in [0.29, 0.717) is 29.1 Å². The first-order valence-electron chi connectivity index (χ1n) is 12.6. The maximum atomic E-state index is 15.0. The molecule has 0 bridgehead atoms. The fraction of sp³-hybridized carbons (Fsp3) is 0.167. The summed E-state index contributed by atoms with van der Waals surface area (Å²) < 4.78 is 34.0. The fourth-order valence-electron chi connectivity index (χ4n) is 4.05. The van der Waals surface area contributed by atoms with Gasteiger partial charge in [-0.25, -0.2) is 8.78 Å². The summed E-state index contributed by atoms with van der Waals surface area (Å²) in [5.74, 6) is -1.23. The maximum Gasteiger partial charge on any atom is 0.251 e. The van der Waals surface area contributed by atoms with Crippen LogP contribution in [0.3, 0.4) is 0 Å². The van der Waals surface area contributed by atoms with Gasteiger partial charge in [0.25, 0.3) is 5.91 Å². The highest BCUT2D eigenvalue weighted by Gasteiger charge is 2.17. The van der Waals surface area contributed by atoms with Crippen LogP contribution in [0.2, 0.25) is 0 Å². The molecular weight excluding hydrogens is 516 g/mol. The number of halogens is 2. The van der Waals surface area contributed by atoms with Crippen molar-refractivity contribution < 1.29 is 23.1 Å². The number of nitrogens with two attached hydrogens (primary N) is 1. The Hall–Kier alpha value is -4.99. The molecule has 0 radical (unpaired) electrons. The molecule has 4 rings (SSSR count). The summed E-state index contributed by atoms with van der Waals surface area (Å²) in [5.41, 5.74) is 7.90. The van der Waals surface area contributed by atoms with Gasteiger partial charge in [0, 0.05) is 48.4 Å². The number of amides is 2. The molecule has 10 heteroatoms. The Labute approximate surface area is 231 Å². The SMILES string of the molecule is C/C(=C\C=C/N(C=O)c1ccc(F)cc1)C(=O)Nc1ccc(Oc2cc(N3CCCC3)cnc2C=CN)c(F)c1. The Balaban J connectivity index is 1.43. The van der Waals surface area contributed by atoms with Crippen molar-refractivity contribution in [3.05, 3.63) is 102 Å². The standard InChI is InChI=1S/C30H29F2N5O3/c1-21(5-4-16-37(20-38)24-9-6-22(31)7-10-24)30(39)35-23-8-11-28(26(32)17-23)40-29-18-25(36-14-2-3-15-36)19-34-27(29)12-13-33/h4-13,16-20H,2-3,14-15,33H2,1H3,(H,35,39)/b13-12?,16-4-,21-5+. The van der Waals surface area contributed by atoms with Crippen molar-refractivity contribution in [2.45, 2.75) is 19.8 Å². The van der Waals surface area contributed by atoms with Gasteiger partial charge in [0.15, 0.2) is 17.3 Å². The van der Waals surface area contributed by atoms with Crippen LogP contribution in [0.25, 0.3) is 6.08 Å². The number of aromatic nitrogens is 1. The van der Waals surface area contributed by atoms with Crippen LogP contribution < -0.4 is 25.6 Å². The van der Waals surface area contributed by atoms with E-state index in [0.717, 1.165) is 37.7 Å². The molecule has 0 unspecified atom stereocenters. The number of benzene rings is 2. The summed E-state index contributed by atoms with van der Waals surface area (Å²) in [4.78, 5) is 31.8. The predicted octanol–water partition coefficient (Wildman–Crippen LogP) is 5.74. The Morgan fingerprint density at radius 1 is 1.10 bits per heavy atom. The number of nitrogens with one attached hydrogen (secondary N) is 1. The average Bonchev–Trinajstić information content (AvgIpc) is 3.49. The molecule has 0 atom stereocenters. The monoisotopic (exact) mass is 545 g/mol. The molecule has 0 saturated carbocycles. The van der Waals surface area contributed by atoms with E-state index >= 15 is 0 Å². The number of carbonyl (C=O) groups is 2. The summed E-state index contributed by atoms with van der Waals surface area (Å²) in [6.07, 6.45) is 11.8. The van der Waals surface area contributed by atoms with Gasteiger partial charge in [0.2, 0.25) is 6.41 Å². The lowest BCUT2D eigenvalue weighted by Gasteiger charge is -2.19. The van der Waals surface area contributed by atoms with Crippen molar-refractivity contribution in [2.75, 3.05) is 28.2 Å². The van der Waals surface area contributed by atoms with Crippen LogP contribution in [0.15, 0.2) is 84.9 Å². The number of hydrogen-bond acceptors (Lipinski definition) is 6. The number of allylic oxidation sites excluding steroid dienone is 2. The van der Waals surface area contributed by atoms with Gasteiger partial charge in [0.1, 0.15) is 11.5 Å². The number of nitrogens with zero attached hydrogens (tertiary/aromatic N) is 3. The largest absolute Gasteiger partial charge is 0.452 e. The van der Waals surface area contributed by atoms with Crippen LogP contribution in [-0.4, -0.2) is 30.4 Å². The van der Waals surface area contributed by atoms with Crippen LogP contribution in [0.1, 0.15) is 25.5 Å². The minimum atomic E-state index is -0.672. The van der Waals surface area contributed by atoms with Crippen molar-refractivity contribution >= 4 is 35.5 Å². The van der Waals surface area contributed by atoms with E-state index in [4.69, 9.17) is 10.5 Å². The molecule has 40 heavy (non-hydrogen) atoms. The molecule has 2 heterocycles. The van der Waals surface area contributed by atoms with Gasteiger partial charge in [-0.05, 0) is 74.5 Å². The minimum Gasteiger partial charge on any atom is -0.452 e. The highest BCUT2D eigenvalue weighted by atomic mass is 19.1. The van der Waals surface area contributed by atoms with Crippen molar-refractivity contribution in [3.8, 4) is 11.5 Å². The molecule has 1 aliphatic rings. The van der Waals surface area contributed by atoms with Gasteiger partial charge < -0.3 is 20.7 Å². The van der Waals surface area contributed by atoms with Gasteiger partial charge in [-0.3, -0.25) is 19.5 Å². The zero-order chi connectivity index (χ0) is 28.5. The summed E-state index contributed by atoms with van der Waals surface area (Å²) in [6.45, 7) is 3.41. The van der Waals surface area contributed by atoms with Gasteiger partial charge in [-0.1, -0.05) is 6.08 Å². The number of ether oxygens (including phenoxy) is 1. The molecule has 1 saturated heterocycles. The van der Waals surface area contributed by atoms with Crippen molar-refractivity contribution in [3.63, 3.8) is 0 Å². The van der Waals surface area contributed by atoms with Crippen LogP contribution >= 0.6 is 0 Å². The second-order valence-electron chi connectivity index (χ2n) is 9.01. The molecule has 1 fully saturated rings. The van der Waals surface area contributed by atoms with E-state index in [-0.39, 0.29) is 11.4 Å². The number of anilines is 3. The molecule has 2 aromatic carbocycles. The zero-order valence-electron chi connectivity index (χ0n) is 21.9. The normalized spacial score (nSPS) is 13.7. The van der Waals surface area contributed by atoms with E-state index in [1.165, 1.54) is 65.9 Å². The number of hydrogen-bond donors (Lipinski definition) is 2.